The molecule has 0 fully saturated rings. The van der Waals surface area contributed by atoms with Crippen LogP contribution in [0, 0.1) is 0 Å². The van der Waals surface area contributed by atoms with Crippen molar-refractivity contribution in [2.45, 2.75) is 71.9 Å². The molecule has 5 heteroatoms. The Labute approximate surface area is 158 Å². The third-order valence-corrected chi connectivity index (χ3v) is 5.30. The molecule has 0 saturated carbocycles. The van der Waals surface area contributed by atoms with Crippen LogP contribution in [0.1, 0.15) is 67.6 Å². The van der Waals surface area contributed by atoms with Gasteiger partial charge < -0.3 is 16.2 Å². The largest absolute Gasteiger partial charge is 0.491 e. The van der Waals surface area contributed by atoms with Crippen LogP contribution in [-0.4, -0.2) is 42.6 Å². The van der Waals surface area contributed by atoms with Gasteiger partial charge in [-0.15, -0.1) is 0 Å². The predicted octanol–water partition coefficient (Wildman–Crippen LogP) is 2.66. The van der Waals surface area contributed by atoms with Gasteiger partial charge >= 0.3 is 0 Å². The van der Waals surface area contributed by atoms with E-state index in [1.54, 1.807) is 0 Å². The summed E-state index contributed by atoms with van der Waals surface area (Å²) in [6, 6.07) is 2.94. The molecule has 0 heterocycles. The van der Waals surface area contributed by atoms with Crippen molar-refractivity contribution in [2.75, 3.05) is 19.7 Å². The van der Waals surface area contributed by atoms with E-state index in [-0.39, 0.29) is 0 Å². The third kappa shape index (κ3) is 4.77. The average molecular weight is 362 g/mol. The van der Waals surface area contributed by atoms with E-state index < -0.39 is 5.91 Å². The maximum absolute atomic E-state index is 12.2. The van der Waals surface area contributed by atoms with Gasteiger partial charge in [-0.05, 0) is 89.1 Å². The first-order valence-electron chi connectivity index (χ1n) is 9.92. The standard InChI is InChI=1S/C21H35N3O2/c1-14(2)24(15(3)4)11-12-26-19-13-16-7-5-6-8-17(16)18(9-10-22)20(19)21(23)25/h13-15H,5-12,22H2,1-4H3,(H2,23,25). The second-order valence-electron chi connectivity index (χ2n) is 7.75. The number of carbonyl (C=O) groups is 1. The monoisotopic (exact) mass is 361 g/mol. The van der Waals surface area contributed by atoms with Gasteiger partial charge in [0.2, 0.25) is 0 Å². The molecule has 1 aromatic carbocycles. The average Bonchev–Trinajstić information content (AvgIpc) is 2.57. The SMILES string of the molecule is CC(C)N(CCOc1cc2c(c(CCN)c1C(N)=O)CCCC2)C(C)C. The normalized spacial score (nSPS) is 14.2. The van der Waals surface area contributed by atoms with Crippen LogP contribution in [-0.2, 0) is 19.3 Å². The summed E-state index contributed by atoms with van der Waals surface area (Å²) in [5, 5.41) is 0. The highest BCUT2D eigenvalue weighted by Crippen LogP contribution is 2.34. The fraction of sp³-hybridized carbons (Fsp3) is 0.667. The van der Waals surface area contributed by atoms with Crippen LogP contribution in [0.3, 0.4) is 0 Å². The van der Waals surface area contributed by atoms with Crippen molar-refractivity contribution in [2.24, 2.45) is 11.5 Å². The van der Waals surface area contributed by atoms with Crippen molar-refractivity contribution < 1.29 is 9.53 Å². The number of primary amides is 1. The van der Waals surface area contributed by atoms with Crippen LogP contribution >= 0.6 is 0 Å². The molecular formula is C21H35N3O2. The lowest BCUT2D eigenvalue weighted by molar-refractivity contribution is 0.0991. The smallest absolute Gasteiger partial charge is 0.252 e. The van der Waals surface area contributed by atoms with Gasteiger partial charge in [0.15, 0.2) is 0 Å². The van der Waals surface area contributed by atoms with Crippen molar-refractivity contribution in [1.29, 1.82) is 0 Å². The number of nitrogens with zero attached hydrogens (tertiary/aromatic N) is 1. The molecule has 0 atom stereocenters. The van der Waals surface area contributed by atoms with E-state index in [4.69, 9.17) is 16.2 Å². The van der Waals surface area contributed by atoms with E-state index in [1.807, 2.05) is 6.07 Å². The maximum atomic E-state index is 12.2. The Morgan fingerprint density at radius 3 is 2.42 bits per heavy atom. The molecule has 0 aliphatic heterocycles. The number of carbonyl (C=O) groups excluding carboxylic acids is 1. The van der Waals surface area contributed by atoms with Crippen LogP contribution in [0.5, 0.6) is 5.75 Å². The van der Waals surface area contributed by atoms with Gasteiger partial charge in [-0.25, -0.2) is 0 Å². The van der Waals surface area contributed by atoms with Crippen molar-refractivity contribution in [3.8, 4) is 5.75 Å². The first kappa shape index (κ1) is 20.7. The van der Waals surface area contributed by atoms with E-state index in [1.165, 1.54) is 17.5 Å². The summed E-state index contributed by atoms with van der Waals surface area (Å²) < 4.78 is 6.10. The summed E-state index contributed by atoms with van der Waals surface area (Å²) in [5.74, 6) is 0.218. The minimum atomic E-state index is -0.415. The summed E-state index contributed by atoms with van der Waals surface area (Å²) in [6.45, 7) is 10.6. The van der Waals surface area contributed by atoms with Crippen LogP contribution < -0.4 is 16.2 Å². The topological polar surface area (TPSA) is 81.6 Å². The molecule has 1 aromatic rings. The van der Waals surface area contributed by atoms with Gasteiger partial charge in [-0.2, -0.15) is 0 Å². The van der Waals surface area contributed by atoms with E-state index >= 15 is 0 Å². The van der Waals surface area contributed by atoms with Gasteiger partial charge in [0.1, 0.15) is 12.4 Å². The second-order valence-corrected chi connectivity index (χ2v) is 7.75. The van der Waals surface area contributed by atoms with Crippen molar-refractivity contribution >= 4 is 5.91 Å². The zero-order valence-corrected chi connectivity index (χ0v) is 16.8. The zero-order valence-electron chi connectivity index (χ0n) is 16.8. The summed E-state index contributed by atoms with van der Waals surface area (Å²) in [6.07, 6.45) is 5.04. The Morgan fingerprint density at radius 2 is 1.85 bits per heavy atom. The molecule has 26 heavy (non-hydrogen) atoms. The summed E-state index contributed by atoms with van der Waals surface area (Å²) >= 11 is 0. The first-order valence-corrected chi connectivity index (χ1v) is 9.92. The third-order valence-electron chi connectivity index (χ3n) is 5.30. The first-order chi connectivity index (χ1) is 12.4. The Bertz CT molecular complexity index is 618. The fourth-order valence-corrected chi connectivity index (χ4v) is 4.14. The molecule has 4 N–H and O–H groups in total. The van der Waals surface area contributed by atoms with Crippen LogP contribution in [0.25, 0.3) is 0 Å². The van der Waals surface area contributed by atoms with Gasteiger partial charge in [-0.1, -0.05) is 0 Å². The second kappa shape index (κ2) is 9.38. The Balaban J connectivity index is 2.29. The highest BCUT2D eigenvalue weighted by Gasteiger charge is 2.24. The Kier molecular flexibility index (Phi) is 7.47. The van der Waals surface area contributed by atoms with Gasteiger partial charge in [0.25, 0.3) is 5.91 Å². The summed E-state index contributed by atoms with van der Waals surface area (Å²) in [4.78, 5) is 14.6. The van der Waals surface area contributed by atoms with Crippen LogP contribution in [0.2, 0.25) is 0 Å². The Hall–Kier alpha value is -1.59. The molecule has 0 aromatic heterocycles. The lowest BCUT2D eigenvalue weighted by Crippen LogP contribution is -2.39. The highest BCUT2D eigenvalue weighted by atomic mass is 16.5. The molecule has 1 aliphatic carbocycles. The lowest BCUT2D eigenvalue weighted by atomic mass is 9.84. The fourth-order valence-electron chi connectivity index (χ4n) is 4.14. The molecular weight excluding hydrogens is 326 g/mol. The molecule has 1 aliphatic rings. The number of amides is 1. The predicted molar refractivity (Wildman–Crippen MR) is 107 cm³/mol. The van der Waals surface area contributed by atoms with E-state index in [0.29, 0.717) is 43.0 Å². The van der Waals surface area contributed by atoms with Gasteiger partial charge in [0.05, 0.1) is 5.56 Å². The molecule has 0 radical (unpaired) electrons. The number of nitrogens with two attached hydrogens (primary N) is 2. The summed E-state index contributed by atoms with van der Waals surface area (Å²) in [5.41, 5.74) is 15.7. The maximum Gasteiger partial charge on any atom is 0.252 e. The van der Waals surface area contributed by atoms with Crippen molar-refractivity contribution in [3.05, 3.63) is 28.3 Å². The number of ether oxygens (including phenoxy) is 1. The number of benzene rings is 1. The van der Waals surface area contributed by atoms with Crippen LogP contribution in [0.15, 0.2) is 6.07 Å². The number of hydrogen-bond donors (Lipinski definition) is 2. The van der Waals surface area contributed by atoms with Gasteiger partial charge in [-0.3, -0.25) is 9.69 Å². The summed E-state index contributed by atoms with van der Waals surface area (Å²) in [7, 11) is 0. The Morgan fingerprint density at radius 1 is 1.19 bits per heavy atom. The highest BCUT2D eigenvalue weighted by molar-refractivity contribution is 5.98. The molecule has 0 spiro atoms. The molecule has 0 unspecified atom stereocenters. The molecule has 2 rings (SSSR count). The minimum absolute atomic E-state index is 0.415. The van der Waals surface area contributed by atoms with E-state index in [2.05, 4.69) is 32.6 Å². The molecule has 0 bridgehead atoms. The molecule has 1 amide bonds. The van der Waals surface area contributed by atoms with Crippen LogP contribution in [0.4, 0.5) is 0 Å². The number of rotatable bonds is 9. The zero-order chi connectivity index (χ0) is 19.3. The number of hydrogen-bond acceptors (Lipinski definition) is 4. The molecule has 5 nitrogen and oxygen atoms in total. The quantitative estimate of drug-likeness (QED) is 0.708. The van der Waals surface area contributed by atoms with Gasteiger partial charge in [0, 0.05) is 18.6 Å². The lowest BCUT2D eigenvalue weighted by Gasteiger charge is -2.30. The minimum Gasteiger partial charge on any atom is -0.491 e. The number of aryl methyl sites for hydroxylation is 1. The molecule has 146 valence electrons. The van der Waals surface area contributed by atoms with Crippen molar-refractivity contribution in [3.63, 3.8) is 0 Å². The molecule has 0 saturated heterocycles. The number of fused-ring (bicyclic) bond motifs is 1. The van der Waals surface area contributed by atoms with Crippen molar-refractivity contribution in [1.82, 2.24) is 4.90 Å². The van der Waals surface area contributed by atoms with E-state index in [9.17, 15) is 4.79 Å². The van der Waals surface area contributed by atoms with E-state index in [0.717, 1.165) is 31.4 Å².